The molecule has 19 heavy (non-hydrogen) atoms. The first kappa shape index (κ1) is 14.1. The van der Waals surface area contributed by atoms with Gasteiger partial charge in [0, 0.05) is 10.2 Å². The zero-order valence-corrected chi connectivity index (χ0v) is 13.2. The molecule has 2 rings (SSSR count). The van der Waals surface area contributed by atoms with Crippen LogP contribution in [0.3, 0.4) is 0 Å². The van der Waals surface area contributed by atoms with Crippen molar-refractivity contribution in [1.29, 1.82) is 0 Å². The van der Waals surface area contributed by atoms with E-state index in [1.165, 1.54) is 11.1 Å². The lowest BCUT2D eigenvalue weighted by Crippen LogP contribution is -2.16. The highest BCUT2D eigenvalue weighted by Gasteiger charge is 2.15. The van der Waals surface area contributed by atoms with E-state index in [-0.39, 0.29) is 0 Å². The Morgan fingerprint density at radius 2 is 1.68 bits per heavy atom. The summed E-state index contributed by atoms with van der Waals surface area (Å²) in [5.74, 6) is 0.529. The molecule has 1 N–H and O–H groups in total. The summed E-state index contributed by atoms with van der Waals surface area (Å²) < 4.78 is 1.12. The van der Waals surface area contributed by atoms with Gasteiger partial charge in [-0.1, -0.05) is 60.1 Å². The SMILES string of the molecule is Cc1cc(Br)cc(NC(c2ccccc2)C(C)C)c1. The standard InChI is InChI=1S/C17H20BrN/c1-12(2)17(14-7-5-4-6-8-14)19-16-10-13(3)9-15(18)11-16/h4-12,17,19H,1-3H3. The number of rotatable bonds is 4. The lowest BCUT2D eigenvalue weighted by Gasteiger charge is -2.24. The largest absolute Gasteiger partial charge is 0.378 e. The molecule has 0 spiro atoms. The third-order valence-electron chi connectivity index (χ3n) is 3.19. The van der Waals surface area contributed by atoms with E-state index in [1.54, 1.807) is 0 Å². The van der Waals surface area contributed by atoms with Crippen LogP contribution in [0.25, 0.3) is 0 Å². The van der Waals surface area contributed by atoms with Gasteiger partial charge in [-0.25, -0.2) is 0 Å². The van der Waals surface area contributed by atoms with Crippen LogP contribution in [0.1, 0.15) is 31.0 Å². The fraction of sp³-hybridized carbons (Fsp3) is 0.294. The maximum atomic E-state index is 3.65. The first-order valence-electron chi connectivity index (χ1n) is 6.65. The Morgan fingerprint density at radius 3 is 2.26 bits per heavy atom. The molecule has 1 nitrogen and oxygen atoms in total. The fourth-order valence-corrected chi connectivity index (χ4v) is 2.90. The molecule has 1 atom stereocenters. The predicted octanol–water partition coefficient (Wildman–Crippen LogP) is 5.57. The zero-order chi connectivity index (χ0) is 13.8. The number of benzene rings is 2. The molecule has 0 bridgehead atoms. The highest BCUT2D eigenvalue weighted by Crippen LogP contribution is 2.28. The van der Waals surface area contributed by atoms with E-state index in [9.17, 15) is 0 Å². The molecule has 2 heteroatoms. The summed E-state index contributed by atoms with van der Waals surface area (Å²) in [5, 5.41) is 3.65. The minimum absolute atomic E-state index is 0.329. The third kappa shape index (κ3) is 3.84. The molecule has 100 valence electrons. The minimum Gasteiger partial charge on any atom is -0.378 e. The molecule has 0 aliphatic carbocycles. The Balaban J connectivity index is 2.27. The molecule has 0 fully saturated rings. The van der Waals surface area contributed by atoms with Crippen LogP contribution in [0.2, 0.25) is 0 Å². The van der Waals surface area contributed by atoms with Gasteiger partial charge in [-0.2, -0.15) is 0 Å². The monoisotopic (exact) mass is 317 g/mol. The number of hydrogen-bond acceptors (Lipinski definition) is 1. The van der Waals surface area contributed by atoms with Crippen molar-refractivity contribution in [2.75, 3.05) is 5.32 Å². The minimum atomic E-state index is 0.329. The van der Waals surface area contributed by atoms with Crippen molar-refractivity contribution < 1.29 is 0 Å². The van der Waals surface area contributed by atoms with Crippen LogP contribution in [-0.2, 0) is 0 Å². The fourth-order valence-electron chi connectivity index (χ4n) is 2.29. The Bertz CT molecular complexity index is 514. The van der Waals surface area contributed by atoms with E-state index in [1.807, 2.05) is 0 Å². The highest BCUT2D eigenvalue weighted by molar-refractivity contribution is 9.10. The van der Waals surface area contributed by atoms with E-state index in [4.69, 9.17) is 0 Å². The molecule has 0 radical (unpaired) electrons. The second kappa shape index (κ2) is 6.25. The molecule has 2 aromatic carbocycles. The number of halogens is 1. The normalized spacial score (nSPS) is 12.5. The van der Waals surface area contributed by atoms with Crippen LogP contribution in [-0.4, -0.2) is 0 Å². The highest BCUT2D eigenvalue weighted by atomic mass is 79.9. The van der Waals surface area contributed by atoms with Gasteiger partial charge >= 0.3 is 0 Å². The first-order chi connectivity index (χ1) is 9.06. The molecule has 1 unspecified atom stereocenters. The van der Waals surface area contributed by atoms with Crippen molar-refractivity contribution in [2.45, 2.75) is 26.8 Å². The van der Waals surface area contributed by atoms with Crippen molar-refractivity contribution >= 4 is 21.6 Å². The maximum Gasteiger partial charge on any atom is 0.0536 e. The van der Waals surface area contributed by atoms with Gasteiger partial charge in [-0.15, -0.1) is 0 Å². The van der Waals surface area contributed by atoms with Crippen LogP contribution in [0.4, 0.5) is 5.69 Å². The van der Waals surface area contributed by atoms with Crippen molar-refractivity contribution in [3.8, 4) is 0 Å². The molecular formula is C17H20BrN. The first-order valence-corrected chi connectivity index (χ1v) is 7.44. The predicted molar refractivity (Wildman–Crippen MR) is 86.5 cm³/mol. The van der Waals surface area contributed by atoms with E-state index in [2.05, 4.69) is 90.5 Å². The lowest BCUT2D eigenvalue weighted by atomic mass is 9.95. The van der Waals surface area contributed by atoms with Gasteiger partial charge in [0.2, 0.25) is 0 Å². The van der Waals surface area contributed by atoms with Crippen LogP contribution >= 0.6 is 15.9 Å². The van der Waals surface area contributed by atoms with Gasteiger partial charge in [-0.3, -0.25) is 0 Å². The summed E-state index contributed by atoms with van der Waals surface area (Å²) in [5.41, 5.74) is 3.75. The molecule has 0 heterocycles. The Morgan fingerprint density at radius 1 is 1.00 bits per heavy atom. The van der Waals surface area contributed by atoms with Gasteiger partial charge in [0.05, 0.1) is 6.04 Å². The summed E-state index contributed by atoms with van der Waals surface area (Å²) >= 11 is 3.56. The maximum absolute atomic E-state index is 3.65. The summed E-state index contributed by atoms with van der Waals surface area (Å²) in [7, 11) is 0. The number of nitrogens with one attached hydrogen (secondary N) is 1. The zero-order valence-electron chi connectivity index (χ0n) is 11.7. The van der Waals surface area contributed by atoms with Crippen LogP contribution in [0, 0.1) is 12.8 Å². The van der Waals surface area contributed by atoms with Crippen LogP contribution < -0.4 is 5.32 Å². The Hall–Kier alpha value is -1.28. The average molecular weight is 318 g/mol. The van der Waals surface area contributed by atoms with Gasteiger partial charge in [-0.05, 0) is 42.2 Å². The van der Waals surface area contributed by atoms with Gasteiger partial charge in [0.15, 0.2) is 0 Å². The molecule has 0 aliphatic heterocycles. The third-order valence-corrected chi connectivity index (χ3v) is 3.65. The summed E-state index contributed by atoms with van der Waals surface area (Å²) in [6.45, 7) is 6.61. The van der Waals surface area contributed by atoms with E-state index in [0.29, 0.717) is 12.0 Å². The van der Waals surface area contributed by atoms with Gasteiger partial charge in [0.25, 0.3) is 0 Å². The molecule has 0 amide bonds. The summed E-state index contributed by atoms with van der Waals surface area (Å²) in [4.78, 5) is 0. The smallest absolute Gasteiger partial charge is 0.0536 e. The quantitative estimate of drug-likeness (QED) is 0.777. The molecule has 0 saturated heterocycles. The van der Waals surface area contributed by atoms with Crippen molar-refractivity contribution in [3.05, 3.63) is 64.1 Å². The van der Waals surface area contributed by atoms with Gasteiger partial charge < -0.3 is 5.32 Å². The molecule has 0 aromatic heterocycles. The molecule has 0 saturated carbocycles. The van der Waals surface area contributed by atoms with E-state index < -0.39 is 0 Å². The van der Waals surface area contributed by atoms with Gasteiger partial charge in [0.1, 0.15) is 0 Å². The number of aryl methyl sites for hydroxylation is 1. The molecular weight excluding hydrogens is 298 g/mol. The summed E-state index contributed by atoms with van der Waals surface area (Å²) in [6.07, 6.45) is 0. The number of hydrogen-bond donors (Lipinski definition) is 1. The van der Waals surface area contributed by atoms with Crippen LogP contribution in [0.5, 0.6) is 0 Å². The molecule has 2 aromatic rings. The average Bonchev–Trinajstić information content (AvgIpc) is 2.35. The Labute approximate surface area is 124 Å². The van der Waals surface area contributed by atoms with E-state index >= 15 is 0 Å². The van der Waals surface area contributed by atoms with Crippen molar-refractivity contribution in [1.82, 2.24) is 0 Å². The topological polar surface area (TPSA) is 12.0 Å². The Kier molecular flexibility index (Phi) is 4.65. The van der Waals surface area contributed by atoms with Crippen molar-refractivity contribution in [2.24, 2.45) is 5.92 Å². The molecule has 0 aliphatic rings. The van der Waals surface area contributed by atoms with E-state index in [0.717, 1.165) is 10.2 Å². The lowest BCUT2D eigenvalue weighted by molar-refractivity contribution is 0.546. The second-order valence-corrected chi connectivity index (χ2v) is 6.21. The number of anilines is 1. The second-order valence-electron chi connectivity index (χ2n) is 5.29. The summed E-state index contributed by atoms with van der Waals surface area (Å²) in [6, 6.07) is 17.4. The van der Waals surface area contributed by atoms with Crippen LogP contribution in [0.15, 0.2) is 53.0 Å². The van der Waals surface area contributed by atoms with Crippen molar-refractivity contribution in [3.63, 3.8) is 0 Å².